The lowest BCUT2D eigenvalue weighted by Gasteiger charge is -2.04. The van der Waals surface area contributed by atoms with Gasteiger partial charge in [-0.3, -0.25) is 10.1 Å². The van der Waals surface area contributed by atoms with Crippen molar-refractivity contribution in [2.24, 2.45) is 0 Å². The normalized spacial score (nSPS) is 10.7. The van der Waals surface area contributed by atoms with E-state index in [4.69, 9.17) is 4.74 Å². The topological polar surface area (TPSA) is 82.3 Å². The van der Waals surface area contributed by atoms with Crippen molar-refractivity contribution in [3.63, 3.8) is 0 Å². The molecule has 7 heteroatoms. The van der Waals surface area contributed by atoms with Crippen molar-refractivity contribution >= 4 is 35.1 Å². The highest BCUT2D eigenvalue weighted by molar-refractivity contribution is 7.08. The van der Waals surface area contributed by atoms with Gasteiger partial charge in [-0.15, -0.1) is 0 Å². The number of carbonyl (C=O) groups excluding carboxylic acids is 1. The molecule has 2 rings (SSSR count). The number of nitrogens with zero attached hydrogens (tertiary/aromatic N) is 2. The highest BCUT2D eigenvalue weighted by Crippen LogP contribution is 2.19. The highest BCUT2D eigenvalue weighted by Gasteiger charge is 2.17. The first-order chi connectivity index (χ1) is 10.1. The molecule has 2 heterocycles. The lowest BCUT2D eigenvalue weighted by Crippen LogP contribution is -2.08. The van der Waals surface area contributed by atoms with Gasteiger partial charge in [0.25, 0.3) is 5.69 Å². The number of aromatic nitrogens is 1. The molecule has 0 spiro atoms. The molecule has 0 aliphatic rings. The largest absolute Gasteiger partial charge is 0.462 e. The number of esters is 1. The van der Waals surface area contributed by atoms with Gasteiger partial charge in [-0.2, -0.15) is 11.3 Å². The molecular formula is C14H12N2O4S. The van der Waals surface area contributed by atoms with Crippen LogP contribution in [0.5, 0.6) is 0 Å². The first kappa shape index (κ1) is 14.9. The van der Waals surface area contributed by atoms with Crippen LogP contribution in [0.15, 0.2) is 29.1 Å². The number of thiophene rings is 1. The van der Waals surface area contributed by atoms with E-state index in [1.54, 1.807) is 30.4 Å². The Bertz CT molecular complexity index is 680. The van der Waals surface area contributed by atoms with Gasteiger partial charge in [0, 0.05) is 6.07 Å². The predicted octanol–water partition coefficient (Wildman–Crippen LogP) is 3.40. The van der Waals surface area contributed by atoms with Crippen molar-refractivity contribution in [3.05, 3.63) is 56.0 Å². The molecule has 0 aliphatic carbocycles. The minimum absolute atomic E-state index is 0.0810. The van der Waals surface area contributed by atoms with Crippen molar-refractivity contribution in [2.45, 2.75) is 6.92 Å². The van der Waals surface area contributed by atoms with Crippen LogP contribution in [0.4, 0.5) is 5.69 Å². The van der Waals surface area contributed by atoms with Crippen molar-refractivity contribution < 1.29 is 14.5 Å². The van der Waals surface area contributed by atoms with E-state index in [-0.39, 0.29) is 17.9 Å². The monoisotopic (exact) mass is 304 g/mol. The third-order valence-corrected chi connectivity index (χ3v) is 3.29. The molecular weight excluding hydrogens is 292 g/mol. The third-order valence-electron chi connectivity index (χ3n) is 2.59. The number of rotatable bonds is 5. The van der Waals surface area contributed by atoms with Crippen LogP contribution < -0.4 is 0 Å². The third kappa shape index (κ3) is 3.73. The fourth-order valence-corrected chi connectivity index (χ4v) is 2.24. The number of hydrogen-bond acceptors (Lipinski definition) is 6. The molecule has 0 aromatic carbocycles. The van der Waals surface area contributed by atoms with Crippen molar-refractivity contribution in [1.29, 1.82) is 0 Å². The number of hydrogen-bond donors (Lipinski definition) is 0. The van der Waals surface area contributed by atoms with E-state index in [0.717, 1.165) is 11.8 Å². The van der Waals surface area contributed by atoms with Gasteiger partial charge in [0.2, 0.25) is 0 Å². The SMILES string of the molecule is CCOC(=O)c1cc([N+](=O)[O-])cnc1/C=C/c1ccsc1. The van der Waals surface area contributed by atoms with E-state index < -0.39 is 10.9 Å². The van der Waals surface area contributed by atoms with Crippen LogP contribution in [-0.2, 0) is 4.74 Å². The van der Waals surface area contributed by atoms with Crippen LogP contribution in [0.3, 0.4) is 0 Å². The molecule has 0 unspecified atom stereocenters. The van der Waals surface area contributed by atoms with Crippen LogP contribution in [-0.4, -0.2) is 22.5 Å². The zero-order chi connectivity index (χ0) is 15.2. The summed E-state index contributed by atoms with van der Waals surface area (Å²) >= 11 is 1.55. The molecule has 0 fully saturated rings. The number of ether oxygens (including phenoxy) is 1. The van der Waals surface area contributed by atoms with Gasteiger partial charge in [-0.25, -0.2) is 9.78 Å². The Labute approximate surface area is 124 Å². The van der Waals surface area contributed by atoms with Gasteiger partial charge in [-0.05, 0) is 35.4 Å². The van der Waals surface area contributed by atoms with Crippen molar-refractivity contribution in [2.75, 3.05) is 6.61 Å². The van der Waals surface area contributed by atoms with Gasteiger partial charge < -0.3 is 4.74 Å². The molecule has 108 valence electrons. The Kier molecular flexibility index (Phi) is 4.78. The summed E-state index contributed by atoms with van der Waals surface area (Å²) in [6, 6.07) is 3.09. The van der Waals surface area contributed by atoms with Crippen LogP contribution >= 0.6 is 11.3 Å². The number of pyridine rings is 1. The summed E-state index contributed by atoms with van der Waals surface area (Å²) in [7, 11) is 0. The lowest BCUT2D eigenvalue weighted by molar-refractivity contribution is -0.385. The van der Waals surface area contributed by atoms with E-state index in [1.807, 2.05) is 16.8 Å². The molecule has 0 saturated carbocycles. The van der Waals surface area contributed by atoms with E-state index in [9.17, 15) is 14.9 Å². The molecule has 6 nitrogen and oxygen atoms in total. The van der Waals surface area contributed by atoms with Gasteiger partial charge in [0.05, 0.1) is 22.8 Å². The van der Waals surface area contributed by atoms with E-state index in [1.165, 1.54) is 6.07 Å². The highest BCUT2D eigenvalue weighted by atomic mass is 32.1. The van der Waals surface area contributed by atoms with E-state index in [0.29, 0.717) is 5.69 Å². The maximum absolute atomic E-state index is 11.9. The van der Waals surface area contributed by atoms with Gasteiger partial charge in [0.15, 0.2) is 0 Å². The summed E-state index contributed by atoms with van der Waals surface area (Å²) in [6.07, 6.45) is 4.54. The summed E-state index contributed by atoms with van der Waals surface area (Å²) in [5, 5.41) is 14.6. The molecule has 0 saturated heterocycles. The van der Waals surface area contributed by atoms with Gasteiger partial charge >= 0.3 is 5.97 Å². The molecule has 2 aromatic heterocycles. The zero-order valence-corrected chi connectivity index (χ0v) is 12.0. The smallest absolute Gasteiger partial charge is 0.340 e. The maximum atomic E-state index is 11.9. The summed E-state index contributed by atoms with van der Waals surface area (Å²) < 4.78 is 4.91. The molecule has 2 aromatic rings. The zero-order valence-electron chi connectivity index (χ0n) is 11.2. The van der Waals surface area contributed by atoms with Gasteiger partial charge in [-0.1, -0.05) is 6.08 Å². The molecule has 0 bridgehead atoms. The second kappa shape index (κ2) is 6.76. The maximum Gasteiger partial charge on any atom is 0.340 e. The van der Waals surface area contributed by atoms with Crippen LogP contribution in [0.25, 0.3) is 12.2 Å². The minimum Gasteiger partial charge on any atom is -0.462 e. The molecule has 0 atom stereocenters. The Morgan fingerprint density at radius 3 is 2.95 bits per heavy atom. The van der Waals surface area contributed by atoms with Gasteiger partial charge in [0.1, 0.15) is 6.20 Å². The standard InChI is InChI=1S/C14H12N2O4S/c1-2-20-14(17)12-7-11(16(18)19)8-15-13(12)4-3-10-5-6-21-9-10/h3-9H,2H2,1H3/b4-3+. The fraction of sp³-hybridized carbons (Fsp3) is 0.143. The Morgan fingerprint density at radius 2 is 2.33 bits per heavy atom. The Hall–Kier alpha value is -2.54. The first-order valence-corrected chi connectivity index (χ1v) is 7.08. The fourth-order valence-electron chi connectivity index (χ4n) is 1.61. The summed E-state index contributed by atoms with van der Waals surface area (Å²) in [5.41, 5.74) is 1.14. The second-order valence-electron chi connectivity index (χ2n) is 3.99. The van der Waals surface area contributed by atoms with E-state index >= 15 is 0 Å². The van der Waals surface area contributed by atoms with Crippen LogP contribution in [0.1, 0.15) is 28.5 Å². The molecule has 0 amide bonds. The Morgan fingerprint density at radius 1 is 1.52 bits per heavy atom. The molecule has 0 N–H and O–H groups in total. The van der Waals surface area contributed by atoms with Crippen molar-refractivity contribution in [1.82, 2.24) is 4.98 Å². The quantitative estimate of drug-likeness (QED) is 0.480. The summed E-state index contributed by atoms with van der Waals surface area (Å²) in [4.78, 5) is 26.1. The number of nitro groups is 1. The average Bonchev–Trinajstić information content (AvgIpc) is 2.98. The van der Waals surface area contributed by atoms with Crippen LogP contribution in [0.2, 0.25) is 0 Å². The average molecular weight is 304 g/mol. The van der Waals surface area contributed by atoms with E-state index in [2.05, 4.69) is 4.98 Å². The summed E-state index contributed by atoms with van der Waals surface area (Å²) in [5.74, 6) is -0.626. The molecule has 21 heavy (non-hydrogen) atoms. The number of carbonyl (C=O) groups is 1. The molecule has 0 aliphatic heterocycles. The Balaban J connectivity index is 2.39. The minimum atomic E-state index is -0.626. The predicted molar refractivity (Wildman–Crippen MR) is 80.1 cm³/mol. The van der Waals surface area contributed by atoms with Crippen LogP contribution in [0, 0.1) is 10.1 Å². The first-order valence-electron chi connectivity index (χ1n) is 6.13. The van der Waals surface area contributed by atoms with Crippen molar-refractivity contribution in [3.8, 4) is 0 Å². The molecule has 0 radical (unpaired) electrons. The summed E-state index contributed by atoms with van der Waals surface area (Å²) in [6.45, 7) is 1.86. The second-order valence-corrected chi connectivity index (χ2v) is 4.77. The lowest BCUT2D eigenvalue weighted by atomic mass is 10.1.